The van der Waals surface area contributed by atoms with Crippen molar-refractivity contribution in [2.24, 2.45) is 0 Å². The molecule has 2 aliphatic rings. The molecule has 108 valence electrons. The third-order valence-corrected chi connectivity index (χ3v) is 4.26. The Morgan fingerprint density at radius 3 is 2.59 bits per heavy atom. The zero-order valence-corrected chi connectivity index (χ0v) is 11.7. The monoisotopic (exact) mass is 292 g/mol. The molecular weight excluding hydrogens is 280 g/mol. The molecule has 0 bridgehead atoms. The largest absolute Gasteiger partial charge is 0.337 e. The lowest BCUT2D eigenvalue weighted by atomic mass is 10.1. The molecule has 0 radical (unpaired) electrons. The second kappa shape index (κ2) is 4.03. The van der Waals surface area contributed by atoms with E-state index in [-0.39, 0.29) is 5.56 Å². The summed E-state index contributed by atoms with van der Waals surface area (Å²) in [5.41, 5.74) is 2.18. The summed E-state index contributed by atoms with van der Waals surface area (Å²) in [5, 5.41) is 0.594. The Labute approximate surface area is 125 Å². The third kappa shape index (κ3) is 1.30. The Balaban J connectivity index is 1.98. The average molecular weight is 292 g/mol. The maximum Gasteiger partial charge on any atom is 0.266 e. The molecular formula is C17H12N2O3. The summed E-state index contributed by atoms with van der Waals surface area (Å²) in [7, 11) is 0. The first-order valence-electron chi connectivity index (χ1n) is 7.21. The van der Waals surface area contributed by atoms with Gasteiger partial charge < -0.3 is 9.47 Å². The standard InChI is InChI=1S/C17H12N2O3/c20-15-11-5-1-3-7-13(11)18-16-17(21-9-10-22-17)12-6-2-4-8-14(12)19(15)16/h1-8H,9-10H2. The van der Waals surface area contributed by atoms with Gasteiger partial charge in [0, 0.05) is 5.56 Å². The van der Waals surface area contributed by atoms with E-state index in [0.717, 1.165) is 11.3 Å². The van der Waals surface area contributed by atoms with Gasteiger partial charge in [-0.1, -0.05) is 30.3 Å². The molecule has 1 saturated heterocycles. The summed E-state index contributed by atoms with van der Waals surface area (Å²) in [4.78, 5) is 17.6. The van der Waals surface area contributed by atoms with Crippen LogP contribution < -0.4 is 5.56 Å². The fraction of sp³-hybridized carbons (Fsp3) is 0.176. The van der Waals surface area contributed by atoms with E-state index in [1.807, 2.05) is 42.5 Å². The van der Waals surface area contributed by atoms with Crippen LogP contribution in [0.25, 0.3) is 16.6 Å². The van der Waals surface area contributed by atoms with Crippen LogP contribution in [0.5, 0.6) is 0 Å². The molecule has 0 aliphatic carbocycles. The van der Waals surface area contributed by atoms with Gasteiger partial charge in [0.2, 0.25) is 0 Å². The first kappa shape index (κ1) is 12.1. The van der Waals surface area contributed by atoms with Crippen molar-refractivity contribution in [1.29, 1.82) is 0 Å². The van der Waals surface area contributed by atoms with E-state index in [1.165, 1.54) is 0 Å². The average Bonchev–Trinajstić information content (AvgIpc) is 3.15. The van der Waals surface area contributed by atoms with Gasteiger partial charge >= 0.3 is 0 Å². The van der Waals surface area contributed by atoms with E-state index < -0.39 is 5.79 Å². The van der Waals surface area contributed by atoms with E-state index in [2.05, 4.69) is 4.98 Å². The maximum absolute atomic E-state index is 12.9. The van der Waals surface area contributed by atoms with Crippen LogP contribution in [0.2, 0.25) is 0 Å². The van der Waals surface area contributed by atoms with Crippen LogP contribution in [0.15, 0.2) is 53.3 Å². The second-order valence-corrected chi connectivity index (χ2v) is 5.42. The lowest BCUT2D eigenvalue weighted by molar-refractivity contribution is -0.132. The van der Waals surface area contributed by atoms with Crippen LogP contribution in [0.3, 0.4) is 0 Å². The summed E-state index contributed by atoms with van der Waals surface area (Å²) >= 11 is 0. The van der Waals surface area contributed by atoms with E-state index in [9.17, 15) is 4.79 Å². The summed E-state index contributed by atoms with van der Waals surface area (Å²) in [5.74, 6) is -0.547. The fourth-order valence-corrected chi connectivity index (χ4v) is 3.34. The molecule has 3 aromatic rings. The number of rotatable bonds is 0. The smallest absolute Gasteiger partial charge is 0.266 e. The number of hydrogen-bond acceptors (Lipinski definition) is 4. The summed E-state index contributed by atoms with van der Waals surface area (Å²) < 4.78 is 13.4. The Morgan fingerprint density at radius 2 is 1.73 bits per heavy atom. The van der Waals surface area contributed by atoms with Crippen LogP contribution in [0, 0.1) is 0 Å². The maximum atomic E-state index is 12.9. The molecule has 2 aliphatic heterocycles. The Morgan fingerprint density at radius 1 is 1.00 bits per heavy atom. The normalized spacial score (nSPS) is 17.8. The summed E-state index contributed by atoms with van der Waals surface area (Å²) in [6.07, 6.45) is 0. The number of aromatic nitrogens is 2. The van der Waals surface area contributed by atoms with Gasteiger partial charge in [0.25, 0.3) is 11.3 Å². The molecule has 3 heterocycles. The second-order valence-electron chi connectivity index (χ2n) is 5.42. The highest BCUT2D eigenvalue weighted by Crippen LogP contribution is 2.45. The predicted molar refractivity (Wildman–Crippen MR) is 80.0 cm³/mol. The minimum atomic E-state index is -1.06. The highest BCUT2D eigenvalue weighted by molar-refractivity contribution is 5.78. The molecule has 1 aromatic heterocycles. The quantitative estimate of drug-likeness (QED) is 0.635. The van der Waals surface area contributed by atoms with Gasteiger partial charge in [-0.25, -0.2) is 4.98 Å². The van der Waals surface area contributed by atoms with Gasteiger partial charge in [-0.05, 0) is 18.2 Å². The van der Waals surface area contributed by atoms with Crippen LogP contribution in [0.4, 0.5) is 0 Å². The highest BCUT2D eigenvalue weighted by Gasteiger charge is 2.51. The Kier molecular flexibility index (Phi) is 2.21. The van der Waals surface area contributed by atoms with Crippen molar-refractivity contribution in [1.82, 2.24) is 9.55 Å². The van der Waals surface area contributed by atoms with Crippen molar-refractivity contribution in [3.8, 4) is 5.69 Å². The third-order valence-electron chi connectivity index (χ3n) is 4.26. The molecule has 0 atom stereocenters. The fourth-order valence-electron chi connectivity index (χ4n) is 3.34. The molecule has 1 spiro atoms. The molecule has 22 heavy (non-hydrogen) atoms. The van der Waals surface area contributed by atoms with Crippen molar-refractivity contribution in [2.75, 3.05) is 13.2 Å². The molecule has 0 amide bonds. The minimum absolute atomic E-state index is 0.0935. The first-order valence-corrected chi connectivity index (χ1v) is 7.21. The number of nitrogens with zero attached hydrogens (tertiary/aromatic N) is 2. The highest BCUT2D eigenvalue weighted by atomic mass is 16.7. The topological polar surface area (TPSA) is 53.4 Å². The zero-order valence-electron chi connectivity index (χ0n) is 11.7. The molecule has 0 unspecified atom stereocenters. The van der Waals surface area contributed by atoms with Gasteiger partial charge in [-0.2, -0.15) is 0 Å². The van der Waals surface area contributed by atoms with Crippen molar-refractivity contribution in [3.05, 3.63) is 70.3 Å². The lowest BCUT2D eigenvalue weighted by Gasteiger charge is -2.22. The Hall–Kier alpha value is -2.50. The molecule has 5 rings (SSSR count). The van der Waals surface area contributed by atoms with Gasteiger partial charge in [-0.3, -0.25) is 9.36 Å². The van der Waals surface area contributed by atoms with Crippen molar-refractivity contribution in [2.45, 2.75) is 5.79 Å². The van der Waals surface area contributed by atoms with E-state index >= 15 is 0 Å². The Bertz CT molecular complexity index is 971. The predicted octanol–water partition coefficient (Wildman–Crippen LogP) is 1.95. The van der Waals surface area contributed by atoms with Gasteiger partial charge in [0.1, 0.15) is 0 Å². The van der Waals surface area contributed by atoms with E-state index in [4.69, 9.17) is 9.47 Å². The number of hydrogen-bond donors (Lipinski definition) is 0. The number of fused-ring (bicyclic) bond motifs is 6. The van der Waals surface area contributed by atoms with Gasteiger partial charge in [0.15, 0.2) is 5.82 Å². The molecule has 0 N–H and O–H groups in total. The SMILES string of the molecule is O=c1c2ccccc2nc2n1-c1ccccc1C21OCCO1. The van der Waals surface area contributed by atoms with Gasteiger partial charge in [0.05, 0.1) is 29.8 Å². The minimum Gasteiger partial charge on any atom is -0.337 e. The number of para-hydroxylation sites is 2. The van der Waals surface area contributed by atoms with Crippen LogP contribution >= 0.6 is 0 Å². The van der Waals surface area contributed by atoms with Crippen LogP contribution in [-0.4, -0.2) is 22.8 Å². The molecule has 0 saturated carbocycles. The lowest BCUT2D eigenvalue weighted by Crippen LogP contribution is -2.31. The number of benzene rings is 2. The van der Waals surface area contributed by atoms with E-state index in [1.54, 1.807) is 10.6 Å². The number of ether oxygens (including phenoxy) is 2. The van der Waals surface area contributed by atoms with Gasteiger partial charge in [-0.15, -0.1) is 0 Å². The summed E-state index contributed by atoms with van der Waals surface area (Å²) in [6, 6.07) is 15.0. The summed E-state index contributed by atoms with van der Waals surface area (Å²) in [6.45, 7) is 0.966. The van der Waals surface area contributed by atoms with Crippen LogP contribution in [-0.2, 0) is 15.3 Å². The molecule has 2 aromatic carbocycles. The van der Waals surface area contributed by atoms with Crippen molar-refractivity contribution >= 4 is 10.9 Å². The van der Waals surface area contributed by atoms with E-state index in [0.29, 0.717) is 29.9 Å². The zero-order chi connectivity index (χ0) is 14.7. The molecule has 1 fully saturated rings. The molecule has 5 nitrogen and oxygen atoms in total. The van der Waals surface area contributed by atoms with Crippen LogP contribution in [0.1, 0.15) is 11.4 Å². The van der Waals surface area contributed by atoms with Crippen molar-refractivity contribution < 1.29 is 9.47 Å². The first-order chi connectivity index (χ1) is 10.8. The van der Waals surface area contributed by atoms with Crippen molar-refractivity contribution in [3.63, 3.8) is 0 Å². The molecule has 5 heteroatoms.